The van der Waals surface area contributed by atoms with Crippen LogP contribution in [0.2, 0.25) is 0 Å². The van der Waals surface area contributed by atoms with Crippen molar-refractivity contribution in [1.29, 1.82) is 0 Å². The number of hydrogen-bond acceptors (Lipinski definition) is 3. The zero-order chi connectivity index (χ0) is 13.3. The van der Waals surface area contributed by atoms with Crippen LogP contribution < -0.4 is 11.1 Å². The van der Waals surface area contributed by atoms with Crippen molar-refractivity contribution < 1.29 is 4.79 Å². The summed E-state index contributed by atoms with van der Waals surface area (Å²) in [5.41, 5.74) is 9.23. The molecule has 0 aliphatic heterocycles. The molecule has 5 heteroatoms. The zero-order valence-corrected chi connectivity index (χ0v) is 12.5. The standard InChI is InChI=1S/C13H13BrN2OS/c1-7-5-9(15)6-8(2)11(7)16-13(17)12-10(14)3-4-18-12/h3-6H,15H2,1-2H3,(H,16,17). The van der Waals surface area contributed by atoms with Gasteiger partial charge in [0.05, 0.1) is 0 Å². The van der Waals surface area contributed by atoms with Crippen LogP contribution in [-0.2, 0) is 0 Å². The lowest BCUT2D eigenvalue weighted by atomic mass is 10.1. The topological polar surface area (TPSA) is 55.1 Å². The molecule has 1 aromatic carbocycles. The third-order valence-electron chi connectivity index (χ3n) is 2.62. The van der Waals surface area contributed by atoms with Gasteiger partial charge in [-0.15, -0.1) is 11.3 Å². The van der Waals surface area contributed by atoms with E-state index in [1.54, 1.807) is 0 Å². The second-order valence-corrected chi connectivity index (χ2v) is 5.85. The van der Waals surface area contributed by atoms with Gasteiger partial charge in [0, 0.05) is 15.8 Å². The van der Waals surface area contributed by atoms with E-state index >= 15 is 0 Å². The number of nitrogen functional groups attached to an aromatic ring is 1. The SMILES string of the molecule is Cc1cc(N)cc(C)c1NC(=O)c1sccc1Br. The minimum absolute atomic E-state index is 0.104. The van der Waals surface area contributed by atoms with Crippen molar-refractivity contribution in [3.05, 3.63) is 44.1 Å². The molecule has 0 atom stereocenters. The molecule has 2 rings (SSSR count). The van der Waals surface area contributed by atoms with Crippen molar-refractivity contribution in [1.82, 2.24) is 0 Å². The number of thiophene rings is 1. The molecule has 18 heavy (non-hydrogen) atoms. The summed E-state index contributed by atoms with van der Waals surface area (Å²) in [7, 11) is 0. The van der Waals surface area contributed by atoms with E-state index in [1.165, 1.54) is 11.3 Å². The molecule has 0 saturated carbocycles. The van der Waals surface area contributed by atoms with Crippen molar-refractivity contribution >= 4 is 44.5 Å². The highest BCUT2D eigenvalue weighted by atomic mass is 79.9. The van der Waals surface area contributed by atoms with Gasteiger partial charge >= 0.3 is 0 Å². The maximum Gasteiger partial charge on any atom is 0.266 e. The average Bonchev–Trinajstić information content (AvgIpc) is 2.69. The summed E-state index contributed by atoms with van der Waals surface area (Å²) in [6.45, 7) is 3.87. The van der Waals surface area contributed by atoms with Crippen LogP contribution >= 0.6 is 27.3 Å². The molecule has 0 spiro atoms. The van der Waals surface area contributed by atoms with Crippen molar-refractivity contribution in [2.45, 2.75) is 13.8 Å². The largest absolute Gasteiger partial charge is 0.399 e. The minimum atomic E-state index is -0.104. The fourth-order valence-corrected chi connectivity index (χ4v) is 3.27. The van der Waals surface area contributed by atoms with Crippen LogP contribution in [0.15, 0.2) is 28.1 Å². The number of nitrogens with two attached hydrogens (primary N) is 1. The Kier molecular flexibility index (Phi) is 3.73. The van der Waals surface area contributed by atoms with E-state index in [9.17, 15) is 4.79 Å². The number of rotatable bonds is 2. The number of halogens is 1. The molecule has 0 aliphatic rings. The summed E-state index contributed by atoms with van der Waals surface area (Å²) >= 11 is 4.77. The van der Waals surface area contributed by atoms with E-state index in [1.807, 2.05) is 37.4 Å². The fraction of sp³-hybridized carbons (Fsp3) is 0.154. The quantitative estimate of drug-likeness (QED) is 0.821. The highest BCUT2D eigenvalue weighted by Crippen LogP contribution is 2.27. The number of carbonyl (C=O) groups excluding carboxylic acids is 1. The Morgan fingerprint density at radius 1 is 1.33 bits per heavy atom. The van der Waals surface area contributed by atoms with Gasteiger partial charge in [-0.3, -0.25) is 4.79 Å². The molecule has 0 fully saturated rings. The Morgan fingerprint density at radius 3 is 2.44 bits per heavy atom. The summed E-state index contributed by atoms with van der Waals surface area (Å²) in [5.74, 6) is -0.104. The van der Waals surface area contributed by atoms with Gasteiger partial charge in [-0.25, -0.2) is 0 Å². The van der Waals surface area contributed by atoms with E-state index in [2.05, 4.69) is 21.2 Å². The van der Waals surface area contributed by atoms with Crippen molar-refractivity contribution in [3.63, 3.8) is 0 Å². The molecule has 1 aromatic heterocycles. The fourth-order valence-electron chi connectivity index (χ4n) is 1.82. The normalized spacial score (nSPS) is 10.4. The predicted octanol–water partition coefficient (Wildman–Crippen LogP) is 3.96. The first-order chi connectivity index (χ1) is 8.49. The van der Waals surface area contributed by atoms with Crippen molar-refractivity contribution in [2.75, 3.05) is 11.1 Å². The molecular weight excluding hydrogens is 312 g/mol. The van der Waals surface area contributed by atoms with Gasteiger partial charge in [-0.1, -0.05) is 0 Å². The van der Waals surface area contributed by atoms with Gasteiger partial charge in [0.1, 0.15) is 4.88 Å². The Morgan fingerprint density at radius 2 is 1.94 bits per heavy atom. The maximum atomic E-state index is 12.1. The molecule has 1 heterocycles. The predicted molar refractivity (Wildman–Crippen MR) is 80.3 cm³/mol. The number of aryl methyl sites for hydroxylation is 2. The summed E-state index contributed by atoms with van der Waals surface area (Å²) in [4.78, 5) is 12.8. The van der Waals surface area contributed by atoms with Crippen LogP contribution in [0.1, 0.15) is 20.8 Å². The van der Waals surface area contributed by atoms with E-state index in [0.717, 1.165) is 21.3 Å². The average molecular weight is 325 g/mol. The van der Waals surface area contributed by atoms with Gasteiger partial charge in [-0.05, 0) is 64.5 Å². The van der Waals surface area contributed by atoms with Crippen LogP contribution in [0.5, 0.6) is 0 Å². The molecule has 2 aromatic rings. The third-order valence-corrected chi connectivity index (χ3v) is 4.45. The van der Waals surface area contributed by atoms with Gasteiger partial charge in [0.2, 0.25) is 0 Å². The first kappa shape index (κ1) is 13.1. The number of carbonyl (C=O) groups is 1. The molecule has 0 saturated heterocycles. The van der Waals surface area contributed by atoms with Gasteiger partial charge < -0.3 is 11.1 Å². The van der Waals surface area contributed by atoms with Crippen LogP contribution in [0.3, 0.4) is 0 Å². The summed E-state index contributed by atoms with van der Waals surface area (Å²) in [6.07, 6.45) is 0. The highest BCUT2D eigenvalue weighted by molar-refractivity contribution is 9.10. The van der Waals surface area contributed by atoms with E-state index in [-0.39, 0.29) is 5.91 Å². The van der Waals surface area contributed by atoms with E-state index in [0.29, 0.717) is 10.6 Å². The summed E-state index contributed by atoms with van der Waals surface area (Å²) in [6, 6.07) is 5.57. The van der Waals surface area contributed by atoms with Crippen LogP contribution in [0.4, 0.5) is 11.4 Å². The zero-order valence-electron chi connectivity index (χ0n) is 10.1. The Bertz CT molecular complexity index is 584. The van der Waals surface area contributed by atoms with Gasteiger partial charge in [-0.2, -0.15) is 0 Å². The van der Waals surface area contributed by atoms with E-state index in [4.69, 9.17) is 5.73 Å². The second-order valence-electron chi connectivity index (χ2n) is 4.08. The number of hydrogen-bond donors (Lipinski definition) is 2. The molecule has 1 amide bonds. The lowest BCUT2D eigenvalue weighted by molar-refractivity contribution is 0.102. The minimum Gasteiger partial charge on any atom is -0.399 e. The number of amides is 1. The maximum absolute atomic E-state index is 12.1. The molecular formula is C13H13BrN2OS. The summed E-state index contributed by atoms with van der Waals surface area (Å²) < 4.78 is 0.816. The Hall–Kier alpha value is -1.33. The highest BCUT2D eigenvalue weighted by Gasteiger charge is 2.14. The van der Waals surface area contributed by atoms with Gasteiger partial charge in [0.25, 0.3) is 5.91 Å². The second kappa shape index (κ2) is 5.12. The number of nitrogens with one attached hydrogen (secondary N) is 1. The lowest BCUT2D eigenvalue weighted by Crippen LogP contribution is -2.13. The van der Waals surface area contributed by atoms with E-state index < -0.39 is 0 Å². The molecule has 94 valence electrons. The van der Waals surface area contributed by atoms with Crippen molar-refractivity contribution in [3.8, 4) is 0 Å². The first-order valence-corrected chi connectivity index (χ1v) is 7.07. The smallest absolute Gasteiger partial charge is 0.266 e. The van der Waals surface area contributed by atoms with Crippen LogP contribution in [-0.4, -0.2) is 5.91 Å². The Balaban J connectivity index is 2.31. The summed E-state index contributed by atoms with van der Waals surface area (Å²) in [5, 5.41) is 4.81. The number of anilines is 2. The van der Waals surface area contributed by atoms with Gasteiger partial charge in [0.15, 0.2) is 0 Å². The molecule has 3 N–H and O–H groups in total. The molecule has 3 nitrogen and oxygen atoms in total. The number of benzene rings is 1. The third kappa shape index (κ3) is 2.57. The lowest BCUT2D eigenvalue weighted by Gasteiger charge is -2.12. The molecule has 0 aliphatic carbocycles. The molecule has 0 bridgehead atoms. The van der Waals surface area contributed by atoms with Crippen molar-refractivity contribution in [2.24, 2.45) is 0 Å². The molecule has 0 unspecified atom stereocenters. The van der Waals surface area contributed by atoms with Crippen LogP contribution in [0.25, 0.3) is 0 Å². The molecule has 0 radical (unpaired) electrons. The Labute approximate surface area is 118 Å². The van der Waals surface area contributed by atoms with Crippen LogP contribution in [0, 0.1) is 13.8 Å². The monoisotopic (exact) mass is 324 g/mol. The first-order valence-electron chi connectivity index (χ1n) is 5.40.